The smallest absolute Gasteiger partial charge is 0.261 e. The molecule has 178 valence electrons. The molecule has 4 rings (SSSR count). The summed E-state index contributed by atoms with van der Waals surface area (Å²) in [4.78, 5) is 28.9. The highest BCUT2D eigenvalue weighted by atomic mass is 16.5. The first-order valence-electron chi connectivity index (χ1n) is 10.4. The quantitative estimate of drug-likeness (QED) is 0.437. The zero-order valence-electron chi connectivity index (χ0n) is 19.2. The van der Waals surface area contributed by atoms with E-state index in [9.17, 15) is 14.7 Å². The van der Waals surface area contributed by atoms with Crippen molar-refractivity contribution in [1.82, 2.24) is 0 Å². The highest BCUT2D eigenvalue weighted by molar-refractivity contribution is 6.06. The summed E-state index contributed by atoms with van der Waals surface area (Å²) in [6.45, 7) is 0. The van der Waals surface area contributed by atoms with Gasteiger partial charge in [0.2, 0.25) is 5.55 Å². The number of carboxylic acids is 1. The lowest BCUT2D eigenvalue weighted by molar-refractivity contribution is -0.255. The minimum Gasteiger partial charge on any atom is -0.545 e. The third kappa shape index (κ3) is 5.09. The number of anilines is 1. The zero-order valence-corrected chi connectivity index (χ0v) is 19.2. The number of methoxy groups -OCH3 is 3. The van der Waals surface area contributed by atoms with E-state index in [0.717, 1.165) is 0 Å². The molecule has 3 aromatic carbocycles. The molecule has 9 nitrogen and oxygen atoms in total. The van der Waals surface area contributed by atoms with E-state index in [0.29, 0.717) is 39.6 Å². The largest absolute Gasteiger partial charge is 0.545 e. The Balaban J connectivity index is 1.84. The average molecular weight is 473 g/mol. The lowest BCUT2D eigenvalue weighted by Gasteiger charge is -2.12. The van der Waals surface area contributed by atoms with E-state index in [4.69, 9.17) is 18.6 Å². The molecular weight excluding hydrogens is 452 g/mol. The van der Waals surface area contributed by atoms with Gasteiger partial charge in [-0.2, -0.15) is 0 Å². The molecule has 0 unspecified atom stereocenters. The highest BCUT2D eigenvalue weighted by Crippen LogP contribution is 2.29. The number of nitrogens with one attached hydrogen (secondary N) is 1. The first-order valence-corrected chi connectivity index (χ1v) is 10.4. The molecule has 0 atom stereocenters. The molecule has 0 saturated heterocycles. The number of carbonyl (C=O) groups is 2. The van der Waals surface area contributed by atoms with Crippen molar-refractivity contribution in [1.29, 1.82) is 0 Å². The van der Waals surface area contributed by atoms with E-state index in [1.165, 1.54) is 45.6 Å². The van der Waals surface area contributed by atoms with Crippen molar-refractivity contribution in [3.63, 3.8) is 0 Å². The molecule has 1 N–H and O–H groups in total. The predicted molar refractivity (Wildman–Crippen MR) is 126 cm³/mol. The standard InChI is InChI=1S/C26H22N2O7/c1-32-18-10-11-22(34-3)21(13-18)28-24(29)20-12-16-6-9-19(33-2)14-23(16)35-25(20)27-17-7-4-15(5-8-17)26(30)31/h4-14H,1-3H3,(H,28,29)(H,30,31)/p-1. The van der Waals surface area contributed by atoms with Crippen LogP contribution >= 0.6 is 0 Å². The lowest BCUT2D eigenvalue weighted by Crippen LogP contribution is -2.22. The molecular formula is C26H21N2O7-. The zero-order chi connectivity index (χ0) is 24.9. The fraction of sp³-hybridized carbons (Fsp3) is 0.115. The number of amides is 1. The van der Waals surface area contributed by atoms with Crippen molar-refractivity contribution in [2.75, 3.05) is 26.6 Å². The number of hydrogen-bond acceptors (Lipinski definition) is 8. The van der Waals surface area contributed by atoms with E-state index in [2.05, 4.69) is 10.3 Å². The molecule has 0 aliphatic heterocycles. The van der Waals surface area contributed by atoms with E-state index in [1.807, 2.05) is 0 Å². The molecule has 0 aliphatic rings. The van der Waals surface area contributed by atoms with E-state index in [-0.39, 0.29) is 16.7 Å². The Morgan fingerprint density at radius 2 is 1.54 bits per heavy atom. The van der Waals surface area contributed by atoms with Crippen LogP contribution in [0.25, 0.3) is 11.0 Å². The highest BCUT2D eigenvalue weighted by Gasteiger charge is 2.16. The summed E-state index contributed by atoms with van der Waals surface area (Å²) in [6.07, 6.45) is 0. The van der Waals surface area contributed by atoms with Crippen LogP contribution in [0, 0.1) is 0 Å². The van der Waals surface area contributed by atoms with Crippen molar-refractivity contribution in [2.45, 2.75) is 0 Å². The normalized spacial score (nSPS) is 11.2. The molecule has 1 aromatic heterocycles. The van der Waals surface area contributed by atoms with Crippen LogP contribution in [0.1, 0.15) is 20.7 Å². The van der Waals surface area contributed by atoms with Gasteiger partial charge in [0.15, 0.2) is 0 Å². The van der Waals surface area contributed by atoms with Gasteiger partial charge in [-0.25, -0.2) is 4.99 Å². The first kappa shape index (κ1) is 23.4. The Kier molecular flexibility index (Phi) is 6.68. The van der Waals surface area contributed by atoms with Crippen molar-refractivity contribution < 1.29 is 33.3 Å². The van der Waals surface area contributed by atoms with Gasteiger partial charge < -0.3 is 33.8 Å². The fourth-order valence-corrected chi connectivity index (χ4v) is 3.36. The van der Waals surface area contributed by atoms with Gasteiger partial charge in [-0.05, 0) is 48.0 Å². The number of fused-ring (bicyclic) bond motifs is 1. The molecule has 1 amide bonds. The third-order valence-corrected chi connectivity index (χ3v) is 5.19. The number of hydrogen-bond donors (Lipinski definition) is 1. The predicted octanol–water partition coefficient (Wildman–Crippen LogP) is 3.31. The van der Waals surface area contributed by atoms with Gasteiger partial charge in [0.05, 0.1) is 38.7 Å². The third-order valence-electron chi connectivity index (χ3n) is 5.19. The number of aromatic carboxylic acids is 1. The summed E-state index contributed by atoms with van der Waals surface area (Å²) in [5, 5.41) is 14.5. The average Bonchev–Trinajstić information content (AvgIpc) is 2.88. The van der Waals surface area contributed by atoms with E-state index < -0.39 is 11.9 Å². The fourth-order valence-electron chi connectivity index (χ4n) is 3.36. The molecule has 9 heteroatoms. The maximum Gasteiger partial charge on any atom is 0.261 e. The van der Waals surface area contributed by atoms with Gasteiger partial charge in [0.1, 0.15) is 28.4 Å². The minimum atomic E-state index is -1.30. The Labute approximate surface area is 200 Å². The number of nitrogens with zero attached hydrogens (tertiary/aromatic N) is 1. The molecule has 1 heterocycles. The Morgan fingerprint density at radius 3 is 2.20 bits per heavy atom. The maximum atomic E-state index is 13.4. The van der Waals surface area contributed by atoms with Gasteiger partial charge in [0.25, 0.3) is 5.91 Å². The second-order valence-electron chi connectivity index (χ2n) is 7.34. The SMILES string of the molecule is COc1ccc(OC)c(NC(=O)c2cc3ccc(OC)cc3oc2=Nc2ccc(C(=O)[O-])cc2)c1. The van der Waals surface area contributed by atoms with Gasteiger partial charge in [0, 0.05) is 17.5 Å². The second kappa shape index (κ2) is 10.0. The van der Waals surface area contributed by atoms with Crippen molar-refractivity contribution in [3.8, 4) is 17.2 Å². The molecule has 35 heavy (non-hydrogen) atoms. The Bertz CT molecular complexity index is 1470. The van der Waals surface area contributed by atoms with Crippen molar-refractivity contribution in [2.24, 2.45) is 4.99 Å². The van der Waals surface area contributed by atoms with Gasteiger partial charge >= 0.3 is 0 Å². The Morgan fingerprint density at radius 1 is 0.857 bits per heavy atom. The van der Waals surface area contributed by atoms with Crippen LogP contribution in [0.2, 0.25) is 0 Å². The molecule has 0 fully saturated rings. The van der Waals surface area contributed by atoms with Crippen LogP contribution in [0.4, 0.5) is 11.4 Å². The minimum absolute atomic E-state index is 0.00669. The number of carboxylic acid groups (broad SMARTS) is 1. The van der Waals surface area contributed by atoms with Crippen LogP contribution in [0.15, 0.2) is 76.1 Å². The van der Waals surface area contributed by atoms with Gasteiger partial charge in [-0.3, -0.25) is 4.79 Å². The van der Waals surface area contributed by atoms with Crippen LogP contribution in [0.5, 0.6) is 17.2 Å². The Hall–Kier alpha value is -4.79. The monoisotopic (exact) mass is 473 g/mol. The number of carbonyl (C=O) groups excluding carboxylic acids is 2. The molecule has 0 spiro atoms. The summed E-state index contributed by atoms with van der Waals surface area (Å²) < 4.78 is 21.8. The molecule has 0 saturated carbocycles. The van der Waals surface area contributed by atoms with E-state index in [1.54, 1.807) is 42.5 Å². The van der Waals surface area contributed by atoms with Crippen molar-refractivity contribution >= 4 is 34.2 Å². The first-order chi connectivity index (χ1) is 16.9. The summed E-state index contributed by atoms with van der Waals surface area (Å²) in [7, 11) is 4.55. The summed E-state index contributed by atoms with van der Waals surface area (Å²) in [5.41, 5.74) is 1.41. The van der Waals surface area contributed by atoms with Crippen LogP contribution in [-0.4, -0.2) is 33.2 Å². The van der Waals surface area contributed by atoms with Gasteiger partial charge in [-0.1, -0.05) is 12.1 Å². The maximum absolute atomic E-state index is 13.4. The van der Waals surface area contributed by atoms with Crippen molar-refractivity contribution in [3.05, 3.63) is 83.4 Å². The number of rotatable bonds is 7. The van der Waals surface area contributed by atoms with Crippen LogP contribution in [-0.2, 0) is 0 Å². The summed E-state index contributed by atoms with van der Waals surface area (Å²) >= 11 is 0. The van der Waals surface area contributed by atoms with Crippen LogP contribution < -0.4 is 30.2 Å². The lowest BCUT2D eigenvalue weighted by atomic mass is 10.1. The molecule has 0 aliphatic carbocycles. The van der Waals surface area contributed by atoms with Gasteiger partial charge in [-0.15, -0.1) is 0 Å². The topological polar surface area (TPSA) is 122 Å². The summed E-state index contributed by atoms with van der Waals surface area (Å²) in [5.74, 6) is -0.245. The second-order valence-corrected chi connectivity index (χ2v) is 7.34. The van der Waals surface area contributed by atoms with E-state index >= 15 is 0 Å². The molecule has 0 radical (unpaired) electrons. The van der Waals surface area contributed by atoms with Crippen LogP contribution in [0.3, 0.4) is 0 Å². The number of ether oxygens (including phenoxy) is 3. The number of benzene rings is 3. The molecule has 4 aromatic rings. The molecule has 0 bridgehead atoms. The summed E-state index contributed by atoms with van der Waals surface area (Å²) in [6, 6.07) is 17.6.